The molecule has 6 heteroatoms. The first-order chi connectivity index (χ1) is 16.5. The molecular formula is C28H27BrN4S. The third-order valence-electron chi connectivity index (χ3n) is 6.58. The van der Waals surface area contributed by atoms with E-state index in [4.69, 9.17) is 17.2 Å². The second-order valence-electron chi connectivity index (χ2n) is 8.66. The van der Waals surface area contributed by atoms with E-state index in [9.17, 15) is 0 Å². The summed E-state index contributed by atoms with van der Waals surface area (Å²) in [6, 6.07) is 25.4. The molecule has 4 aromatic rings. The van der Waals surface area contributed by atoms with Gasteiger partial charge in [0.1, 0.15) is 0 Å². The van der Waals surface area contributed by atoms with Gasteiger partial charge in [-0.15, -0.1) is 0 Å². The first-order valence-corrected chi connectivity index (χ1v) is 12.7. The maximum Gasteiger partial charge on any atom is 0.174 e. The second-order valence-corrected chi connectivity index (χ2v) is 9.96. The minimum absolute atomic E-state index is 0.0259. The van der Waals surface area contributed by atoms with Gasteiger partial charge >= 0.3 is 0 Å². The van der Waals surface area contributed by atoms with E-state index in [2.05, 4.69) is 112 Å². The zero-order chi connectivity index (χ0) is 23.8. The van der Waals surface area contributed by atoms with Crippen LogP contribution >= 0.6 is 28.1 Å². The maximum absolute atomic E-state index is 5.91. The van der Waals surface area contributed by atoms with Crippen molar-refractivity contribution >= 4 is 38.9 Å². The Kier molecular flexibility index (Phi) is 6.28. The molecule has 34 heavy (non-hydrogen) atoms. The van der Waals surface area contributed by atoms with Crippen LogP contribution in [0.3, 0.4) is 0 Å². The van der Waals surface area contributed by atoms with Crippen LogP contribution < -0.4 is 10.2 Å². The lowest BCUT2D eigenvalue weighted by molar-refractivity contribution is 0.565. The third-order valence-corrected chi connectivity index (χ3v) is 7.38. The Hall–Kier alpha value is -2.96. The van der Waals surface area contributed by atoms with Crippen molar-refractivity contribution in [1.82, 2.24) is 14.9 Å². The molecule has 1 aliphatic rings. The molecule has 0 bridgehead atoms. The van der Waals surface area contributed by atoms with Gasteiger partial charge in [-0.1, -0.05) is 47.1 Å². The summed E-state index contributed by atoms with van der Waals surface area (Å²) in [5.41, 5.74) is 8.14. The molecular weight excluding hydrogens is 504 g/mol. The molecule has 1 saturated heterocycles. The van der Waals surface area contributed by atoms with E-state index < -0.39 is 0 Å². The van der Waals surface area contributed by atoms with Crippen LogP contribution in [0.2, 0.25) is 0 Å². The molecule has 0 radical (unpaired) electrons. The highest BCUT2D eigenvalue weighted by atomic mass is 79.9. The number of aryl methyl sites for hydroxylation is 2. The van der Waals surface area contributed by atoms with Crippen LogP contribution in [0.15, 0.2) is 83.5 Å². The number of anilines is 1. The number of nitrogens with zero attached hydrogens (tertiary/aromatic N) is 3. The highest BCUT2D eigenvalue weighted by Crippen LogP contribution is 2.43. The topological polar surface area (TPSA) is 33.1 Å². The molecule has 2 atom stereocenters. The van der Waals surface area contributed by atoms with Gasteiger partial charge in [-0.25, -0.2) is 0 Å². The molecule has 0 spiro atoms. The smallest absolute Gasteiger partial charge is 0.174 e. The summed E-state index contributed by atoms with van der Waals surface area (Å²) in [6.07, 6.45) is 2.86. The van der Waals surface area contributed by atoms with Crippen LogP contribution in [-0.2, 0) is 6.42 Å². The highest BCUT2D eigenvalue weighted by Gasteiger charge is 2.42. The standard InChI is InChI=1S/C28H27BrN4S/c1-4-20-11-13-22(14-12-20)33-27(26(31-28(33)34)25-10-5-6-15-30-25)24-16-18(2)32(19(24)3)23-9-7-8-21(29)17-23/h5-17,26-27H,4H2,1-3H3,(H,31,34)/t26-,27-/m1/s1. The van der Waals surface area contributed by atoms with Crippen molar-refractivity contribution in [2.24, 2.45) is 0 Å². The van der Waals surface area contributed by atoms with Gasteiger partial charge in [0, 0.05) is 33.4 Å². The average molecular weight is 532 g/mol. The van der Waals surface area contributed by atoms with Crippen molar-refractivity contribution in [2.75, 3.05) is 4.90 Å². The quantitative estimate of drug-likeness (QED) is 0.282. The summed E-state index contributed by atoms with van der Waals surface area (Å²) in [5, 5.41) is 4.30. The average Bonchev–Trinajstić information content (AvgIpc) is 3.34. The number of benzene rings is 2. The number of aromatic nitrogens is 2. The fourth-order valence-electron chi connectivity index (χ4n) is 4.94. The van der Waals surface area contributed by atoms with Gasteiger partial charge in [0.15, 0.2) is 5.11 Å². The van der Waals surface area contributed by atoms with Gasteiger partial charge < -0.3 is 14.8 Å². The lowest BCUT2D eigenvalue weighted by atomic mass is 9.96. The Labute approximate surface area is 214 Å². The number of pyridine rings is 1. The zero-order valence-corrected chi connectivity index (χ0v) is 21.9. The van der Waals surface area contributed by atoms with E-state index in [1.54, 1.807) is 0 Å². The van der Waals surface area contributed by atoms with Crippen LogP contribution in [0.25, 0.3) is 5.69 Å². The van der Waals surface area contributed by atoms with Crippen LogP contribution in [0.5, 0.6) is 0 Å². The monoisotopic (exact) mass is 530 g/mol. The molecule has 0 unspecified atom stereocenters. The molecule has 0 saturated carbocycles. The van der Waals surface area contributed by atoms with Crippen molar-refractivity contribution in [1.29, 1.82) is 0 Å². The number of halogens is 1. The Morgan fingerprint density at radius 3 is 2.44 bits per heavy atom. The third kappa shape index (κ3) is 4.05. The Balaban J connectivity index is 1.67. The number of nitrogens with one attached hydrogen (secondary N) is 1. The fourth-order valence-corrected chi connectivity index (χ4v) is 5.67. The number of thiocarbonyl (C=S) groups is 1. The Bertz CT molecular complexity index is 1330. The van der Waals surface area contributed by atoms with Crippen molar-refractivity contribution < 1.29 is 0 Å². The van der Waals surface area contributed by atoms with Crippen LogP contribution in [0, 0.1) is 13.8 Å². The first-order valence-electron chi connectivity index (χ1n) is 11.5. The number of rotatable bonds is 5. The molecule has 1 N–H and O–H groups in total. The maximum atomic E-state index is 5.91. The second kappa shape index (κ2) is 9.35. The van der Waals surface area contributed by atoms with Gasteiger partial charge in [-0.2, -0.15) is 0 Å². The fraction of sp³-hybridized carbons (Fsp3) is 0.214. The lowest BCUT2D eigenvalue weighted by Gasteiger charge is -2.28. The molecule has 0 amide bonds. The number of hydrogen-bond acceptors (Lipinski definition) is 2. The van der Waals surface area contributed by atoms with E-state index in [-0.39, 0.29) is 12.1 Å². The highest BCUT2D eigenvalue weighted by molar-refractivity contribution is 9.10. The van der Waals surface area contributed by atoms with Crippen molar-refractivity contribution in [3.8, 4) is 5.69 Å². The molecule has 172 valence electrons. The first kappa shape index (κ1) is 22.8. The Morgan fingerprint density at radius 1 is 0.971 bits per heavy atom. The molecule has 2 aromatic carbocycles. The minimum Gasteiger partial charge on any atom is -0.351 e. The molecule has 4 nitrogen and oxygen atoms in total. The van der Waals surface area contributed by atoms with E-state index in [1.807, 2.05) is 18.3 Å². The lowest BCUT2D eigenvalue weighted by Crippen LogP contribution is -2.29. The van der Waals surface area contributed by atoms with Crippen LogP contribution in [-0.4, -0.2) is 14.7 Å². The van der Waals surface area contributed by atoms with Gasteiger partial charge in [-0.3, -0.25) is 4.98 Å². The minimum atomic E-state index is -0.0592. The zero-order valence-electron chi connectivity index (χ0n) is 19.5. The van der Waals surface area contributed by atoms with E-state index in [0.717, 1.165) is 33.1 Å². The van der Waals surface area contributed by atoms with Gasteiger partial charge in [0.25, 0.3) is 0 Å². The summed E-state index contributed by atoms with van der Waals surface area (Å²) in [6.45, 7) is 6.53. The summed E-state index contributed by atoms with van der Waals surface area (Å²) >= 11 is 9.53. The predicted molar refractivity (Wildman–Crippen MR) is 147 cm³/mol. The summed E-state index contributed by atoms with van der Waals surface area (Å²) in [5.74, 6) is 0. The van der Waals surface area contributed by atoms with Crippen molar-refractivity contribution in [3.63, 3.8) is 0 Å². The largest absolute Gasteiger partial charge is 0.351 e. The summed E-state index contributed by atoms with van der Waals surface area (Å²) < 4.78 is 3.38. The molecule has 3 heterocycles. The predicted octanol–water partition coefficient (Wildman–Crippen LogP) is 6.99. The molecule has 1 fully saturated rings. The van der Waals surface area contributed by atoms with E-state index >= 15 is 0 Å². The number of hydrogen-bond donors (Lipinski definition) is 1. The van der Waals surface area contributed by atoms with Crippen molar-refractivity contribution in [2.45, 2.75) is 39.3 Å². The Morgan fingerprint density at radius 2 is 1.76 bits per heavy atom. The van der Waals surface area contributed by atoms with E-state index in [0.29, 0.717) is 0 Å². The van der Waals surface area contributed by atoms with Crippen LogP contribution in [0.4, 0.5) is 5.69 Å². The van der Waals surface area contributed by atoms with Gasteiger partial charge in [0.05, 0.1) is 17.8 Å². The normalized spacial score (nSPS) is 17.8. The van der Waals surface area contributed by atoms with Crippen molar-refractivity contribution in [3.05, 3.63) is 112 Å². The van der Waals surface area contributed by atoms with E-state index in [1.165, 1.54) is 22.5 Å². The van der Waals surface area contributed by atoms with Crippen LogP contribution in [0.1, 0.15) is 47.2 Å². The molecule has 5 rings (SSSR count). The summed E-state index contributed by atoms with van der Waals surface area (Å²) in [4.78, 5) is 6.94. The van der Waals surface area contributed by atoms with Gasteiger partial charge in [0.2, 0.25) is 0 Å². The molecule has 0 aliphatic carbocycles. The molecule has 1 aliphatic heterocycles. The summed E-state index contributed by atoms with van der Waals surface area (Å²) in [7, 11) is 0. The van der Waals surface area contributed by atoms with Gasteiger partial charge in [-0.05, 0) is 92.1 Å². The molecule has 2 aromatic heterocycles. The SMILES string of the molecule is CCc1ccc(N2C(=S)N[C@H](c3ccccn3)[C@H]2c2cc(C)n(-c3cccc(Br)c3)c2C)cc1.